The summed E-state index contributed by atoms with van der Waals surface area (Å²) in [7, 11) is 0. The fourth-order valence-electron chi connectivity index (χ4n) is 2.82. The van der Waals surface area contributed by atoms with E-state index in [1.54, 1.807) is 4.90 Å². The normalized spacial score (nSPS) is 18.6. The third kappa shape index (κ3) is 6.99. The Balaban J connectivity index is 2.53. The molecule has 2 amide bonds. The van der Waals surface area contributed by atoms with Crippen molar-refractivity contribution in [1.82, 2.24) is 9.80 Å². The first-order valence-corrected chi connectivity index (χ1v) is 8.19. The molecule has 0 bridgehead atoms. The maximum atomic E-state index is 12.2. The molecule has 1 fully saturated rings. The topological polar surface area (TPSA) is 87.2 Å². The van der Waals surface area contributed by atoms with Crippen LogP contribution in [0.4, 0.5) is 0 Å². The molecule has 0 saturated carbocycles. The summed E-state index contributed by atoms with van der Waals surface area (Å²) in [6.07, 6.45) is 2.57. The van der Waals surface area contributed by atoms with Gasteiger partial charge < -0.3 is 19.6 Å². The van der Waals surface area contributed by atoms with Crippen LogP contribution in [-0.2, 0) is 19.1 Å². The molecule has 1 aliphatic rings. The molecule has 23 heavy (non-hydrogen) atoms. The minimum Gasteiger partial charge on any atom is -0.480 e. The Labute approximate surface area is 137 Å². The Bertz CT molecular complexity index is 425. The van der Waals surface area contributed by atoms with E-state index in [-0.39, 0.29) is 30.5 Å². The van der Waals surface area contributed by atoms with E-state index in [0.29, 0.717) is 32.5 Å². The van der Waals surface area contributed by atoms with E-state index < -0.39 is 5.97 Å². The zero-order valence-electron chi connectivity index (χ0n) is 14.3. The molecule has 1 saturated heterocycles. The fraction of sp³-hybridized carbons (Fsp3) is 0.812. The van der Waals surface area contributed by atoms with Crippen molar-refractivity contribution in [3.05, 3.63) is 0 Å². The standard InChI is InChI=1S/C16H28N2O5/c1-12(2)23-10-7-15(20)17-8-4-5-14(6-9-17)18(13(3)19)11-16(21)22/h12,14H,4-11H2,1-3H3,(H,21,22). The molecule has 1 rings (SSSR count). The van der Waals surface area contributed by atoms with Gasteiger partial charge >= 0.3 is 5.97 Å². The molecule has 7 nitrogen and oxygen atoms in total. The molecule has 1 N–H and O–H groups in total. The second-order valence-corrected chi connectivity index (χ2v) is 6.18. The van der Waals surface area contributed by atoms with Crippen molar-refractivity contribution in [2.45, 2.75) is 58.6 Å². The lowest BCUT2D eigenvalue weighted by atomic mass is 10.1. The largest absolute Gasteiger partial charge is 0.480 e. The number of aliphatic carboxylic acids is 1. The van der Waals surface area contributed by atoms with Crippen LogP contribution in [-0.4, -0.2) is 71.1 Å². The van der Waals surface area contributed by atoms with Crippen molar-refractivity contribution in [3.63, 3.8) is 0 Å². The van der Waals surface area contributed by atoms with E-state index in [1.807, 2.05) is 13.8 Å². The first-order valence-electron chi connectivity index (χ1n) is 8.19. The summed E-state index contributed by atoms with van der Waals surface area (Å²) in [5, 5.41) is 8.94. The SMILES string of the molecule is CC(=O)N(CC(=O)O)C1CCCN(C(=O)CCOC(C)C)CC1. The van der Waals surface area contributed by atoms with Crippen LogP contribution < -0.4 is 0 Å². The highest BCUT2D eigenvalue weighted by Gasteiger charge is 2.27. The van der Waals surface area contributed by atoms with Crippen LogP contribution in [0.15, 0.2) is 0 Å². The Morgan fingerprint density at radius 3 is 2.52 bits per heavy atom. The van der Waals surface area contributed by atoms with Crippen LogP contribution in [0, 0.1) is 0 Å². The molecule has 132 valence electrons. The van der Waals surface area contributed by atoms with Crippen LogP contribution in [0.25, 0.3) is 0 Å². The number of ether oxygens (including phenoxy) is 1. The maximum Gasteiger partial charge on any atom is 0.323 e. The highest BCUT2D eigenvalue weighted by Crippen LogP contribution is 2.18. The number of hydrogen-bond acceptors (Lipinski definition) is 4. The van der Waals surface area contributed by atoms with E-state index in [9.17, 15) is 14.4 Å². The molecule has 0 radical (unpaired) electrons. The van der Waals surface area contributed by atoms with Gasteiger partial charge in [-0.15, -0.1) is 0 Å². The van der Waals surface area contributed by atoms with Crippen molar-refractivity contribution in [3.8, 4) is 0 Å². The molecule has 1 aliphatic heterocycles. The molecule has 1 unspecified atom stereocenters. The zero-order valence-corrected chi connectivity index (χ0v) is 14.3. The number of hydrogen-bond donors (Lipinski definition) is 1. The predicted octanol–water partition coefficient (Wildman–Crippen LogP) is 1.12. The smallest absolute Gasteiger partial charge is 0.323 e. The molecule has 0 aromatic rings. The summed E-state index contributed by atoms with van der Waals surface area (Å²) in [5.41, 5.74) is 0. The molecule has 7 heteroatoms. The number of carboxylic acids is 1. The Hall–Kier alpha value is -1.63. The number of amides is 2. The second-order valence-electron chi connectivity index (χ2n) is 6.18. The Morgan fingerprint density at radius 2 is 1.96 bits per heavy atom. The van der Waals surface area contributed by atoms with Crippen LogP contribution in [0.1, 0.15) is 46.5 Å². The van der Waals surface area contributed by atoms with Gasteiger partial charge in [0, 0.05) is 26.1 Å². The van der Waals surface area contributed by atoms with E-state index in [4.69, 9.17) is 9.84 Å². The zero-order chi connectivity index (χ0) is 17.4. The first-order chi connectivity index (χ1) is 10.8. The van der Waals surface area contributed by atoms with Gasteiger partial charge in [-0.3, -0.25) is 14.4 Å². The summed E-state index contributed by atoms with van der Waals surface area (Å²) in [6.45, 7) is 6.58. The van der Waals surface area contributed by atoms with Crippen LogP contribution in [0.3, 0.4) is 0 Å². The number of rotatable bonds is 7. The number of carboxylic acid groups (broad SMARTS) is 1. The summed E-state index contributed by atoms with van der Waals surface area (Å²) in [5.74, 6) is -1.19. The third-order valence-corrected chi connectivity index (χ3v) is 3.97. The lowest BCUT2D eigenvalue weighted by molar-refractivity contribution is -0.145. The average molecular weight is 328 g/mol. The van der Waals surface area contributed by atoms with Gasteiger partial charge in [0.15, 0.2) is 0 Å². The summed E-state index contributed by atoms with van der Waals surface area (Å²) in [4.78, 5) is 38.0. The highest BCUT2D eigenvalue weighted by atomic mass is 16.5. The van der Waals surface area contributed by atoms with Gasteiger partial charge in [-0.2, -0.15) is 0 Å². The van der Waals surface area contributed by atoms with E-state index >= 15 is 0 Å². The minimum atomic E-state index is -1.01. The van der Waals surface area contributed by atoms with Crippen molar-refractivity contribution < 1.29 is 24.2 Å². The van der Waals surface area contributed by atoms with E-state index in [2.05, 4.69) is 0 Å². The molecular weight excluding hydrogens is 300 g/mol. The molecule has 0 aromatic heterocycles. The van der Waals surface area contributed by atoms with Gasteiger partial charge in [0.1, 0.15) is 6.54 Å². The number of carbonyl (C=O) groups is 3. The van der Waals surface area contributed by atoms with Gasteiger partial charge in [0.05, 0.1) is 19.1 Å². The quantitative estimate of drug-likeness (QED) is 0.756. The summed E-state index contributed by atoms with van der Waals surface area (Å²) in [6, 6.07) is -0.117. The maximum absolute atomic E-state index is 12.2. The highest BCUT2D eigenvalue weighted by molar-refractivity contribution is 5.80. The second kappa shape index (κ2) is 9.50. The number of nitrogens with zero attached hydrogens (tertiary/aromatic N) is 2. The molecule has 1 atom stereocenters. The monoisotopic (exact) mass is 328 g/mol. The lowest BCUT2D eigenvalue weighted by Crippen LogP contribution is -2.43. The van der Waals surface area contributed by atoms with Crippen LogP contribution in [0.5, 0.6) is 0 Å². The first kappa shape index (κ1) is 19.4. The Morgan fingerprint density at radius 1 is 1.26 bits per heavy atom. The van der Waals surface area contributed by atoms with Crippen molar-refractivity contribution in [2.24, 2.45) is 0 Å². The lowest BCUT2D eigenvalue weighted by Gasteiger charge is -2.28. The molecule has 0 aliphatic carbocycles. The molecule has 0 aromatic carbocycles. The van der Waals surface area contributed by atoms with Gasteiger partial charge in [-0.1, -0.05) is 0 Å². The fourth-order valence-corrected chi connectivity index (χ4v) is 2.82. The van der Waals surface area contributed by atoms with E-state index in [1.165, 1.54) is 11.8 Å². The summed E-state index contributed by atoms with van der Waals surface area (Å²) < 4.78 is 5.40. The number of carbonyl (C=O) groups excluding carboxylic acids is 2. The van der Waals surface area contributed by atoms with Gasteiger partial charge in [-0.05, 0) is 33.1 Å². The van der Waals surface area contributed by atoms with Crippen LogP contribution in [0.2, 0.25) is 0 Å². The predicted molar refractivity (Wildman–Crippen MR) is 84.9 cm³/mol. The average Bonchev–Trinajstić information content (AvgIpc) is 2.69. The van der Waals surface area contributed by atoms with Crippen molar-refractivity contribution in [1.29, 1.82) is 0 Å². The van der Waals surface area contributed by atoms with E-state index in [0.717, 1.165) is 12.8 Å². The third-order valence-electron chi connectivity index (χ3n) is 3.97. The van der Waals surface area contributed by atoms with Gasteiger partial charge in [0.2, 0.25) is 11.8 Å². The number of likely N-dealkylation sites (tertiary alicyclic amines) is 1. The van der Waals surface area contributed by atoms with Gasteiger partial charge in [0.25, 0.3) is 0 Å². The van der Waals surface area contributed by atoms with Crippen molar-refractivity contribution >= 4 is 17.8 Å². The summed E-state index contributed by atoms with van der Waals surface area (Å²) >= 11 is 0. The Kier molecular flexibility index (Phi) is 8.02. The van der Waals surface area contributed by atoms with Crippen molar-refractivity contribution in [2.75, 3.05) is 26.2 Å². The minimum absolute atomic E-state index is 0.0545. The molecule has 0 spiro atoms. The van der Waals surface area contributed by atoms with Gasteiger partial charge in [-0.25, -0.2) is 0 Å². The molecule has 1 heterocycles. The van der Waals surface area contributed by atoms with Crippen LogP contribution >= 0.6 is 0 Å². The molecular formula is C16H28N2O5.